The van der Waals surface area contributed by atoms with Gasteiger partial charge in [-0.1, -0.05) is 12.1 Å². The smallest absolute Gasteiger partial charge is 0.264 e. The van der Waals surface area contributed by atoms with Crippen molar-refractivity contribution >= 4 is 33.2 Å². The third-order valence-electron chi connectivity index (χ3n) is 6.00. The van der Waals surface area contributed by atoms with E-state index in [9.17, 15) is 14.4 Å². The summed E-state index contributed by atoms with van der Waals surface area (Å²) >= 11 is 1.45. The predicted molar refractivity (Wildman–Crippen MR) is 134 cm³/mol. The number of rotatable bonds is 7. The number of nitrogens with one attached hydrogen (secondary N) is 1. The number of hydrogen-bond acceptors (Lipinski definition) is 5. The molecule has 0 unspecified atom stereocenters. The van der Waals surface area contributed by atoms with E-state index in [0.29, 0.717) is 18.0 Å². The predicted octanol–water partition coefficient (Wildman–Crippen LogP) is 3.09. The van der Waals surface area contributed by atoms with E-state index in [1.807, 2.05) is 44.4 Å². The van der Waals surface area contributed by atoms with Gasteiger partial charge in [0, 0.05) is 57.3 Å². The summed E-state index contributed by atoms with van der Waals surface area (Å²) < 4.78 is 4.29. The van der Waals surface area contributed by atoms with E-state index in [-0.39, 0.29) is 23.8 Å². The van der Waals surface area contributed by atoms with Crippen molar-refractivity contribution in [2.75, 3.05) is 13.6 Å². The van der Waals surface area contributed by atoms with E-state index in [4.69, 9.17) is 0 Å². The van der Waals surface area contributed by atoms with Crippen molar-refractivity contribution in [2.24, 2.45) is 14.1 Å². The van der Waals surface area contributed by atoms with Crippen molar-refractivity contribution < 1.29 is 9.59 Å². The molecule has 34 heavy (non-hydrogen) atoms. The average Bonchev–Trinajstić information content (AvgIpc) is 3.39. The van der Waals surface area contributed by atoms with Crippen molar-refractivity contribution in [1.82, 2.24) is 24.6 Å². The normalized spacial score (nSPS) is 11.1. The van der Waals surface area contributed by atoms with Gasteiger partial charge in [0.15, 0.2) is 0 Å². The second-order valence-corrected chi connectivity index (χ2v) is 9.28. The fraction of sp³-hybridized carbons (Fsp3) is 0.280. The Labute approximate surface area is 201 Å². The van der Waals surface area contributed by atoms with Crippen molar-refractivity contribution in [1.29, 1.82) is 0 Å². The van der Waals surface area contributed by atoms with E-state index < -0.39 is 0 Å². The second kappa shape index (κ2) is 9.64. The standard InChI is InChI=1S/C25H27N5O3S/c1-16-20-7-5-17(18-6-8-23(32)28(3)14-18)13-21(20)34-24(16)25(33)30(12-10-22(31)26-2)15-19-9-11-27-29(19)4/h5-9,11,13-14H,10,12,15H2,1-4H3,(H,26,31). The van der Waals surface area contributed by atoms with E-state index >= 15 is 0 Å². The number of amides is 2. The molecule has 9 heteroatoms. The largest absolute Gasteiger partial charge is 0.359 e. The number of nitrogens with zero attached hydrogens (tertiary/aromatic N) is 4. The molecule has 0 spiro atoms. The van der Waals surface area contributed by atoms with E-state index in [1.165, 1.54) is 11.3 Å². The van der Waals surface area contributed by atoms with Crippen LogP contribution in [0.2, 0.25) is 0 Å². The maximum atomic E-state index is 13.6. The van der Waals surface area contributed by atoms with Crippen LogP contribution in [0, 0.1) is 6.92 Å². The van der Waals surface area contributed by atoms with Gasteiger partial charge in [-0.05, 0) is 47.2 Å². The molecule has 2 amide bonds. The van der Waals surface area contributed by atoms with Gasteiger partial charge < -0.3 is 14.8 Å². The van der Waals surface area contributed by atoms with Gasteiger partial charge in [-0.3, -0.25) is 19.1 Å². The van der Waals surface area contributed by atoms with Crippen molar-refractivity contribution in [3.8, 4) is 11.1 Å². The Morgan fingerprint density at radius 2 is 1.88 bits per heavy atom. The summed E-state index contributed by atoms with van der Waals surface area (Å²) in [5.41, 5.74) is 3.67. The van der Waals surface area contributed by atoms with Gasteiger partial charge in [-0.15, -0.1) is 11.3 Å². The number of aromatic nitrogens is 3. The Morgan fingerprint density at radius 3 is 2.56 bits per heavy atom. The minimum atomic E-state index is -0.113. The van der Waals surface area contributed by atoms with Crippen LogP contribution in [0.5, 0.6) is 0 Å². The molecule has 0 aliphatic rings. The van der Waals surface area contributed by atoms with Crippen LogP contribution in [0.4, 0.5) is 0 Å². The molecule has 0 fully saturated rings. The second-order valence-electron chi connectivity index (χ2n) is 8.23. The first-order chi connectivity index (χ1) is 16.3. The van der Waals surface area contributed by atoms with Crippen LogP contribution in [0.25, 0.3) is 21.2 Å². The zero-order chi connectivity index (χ0) is 24.4. The Hall–Kier alpha value is -3.72. The number of carbonyl (C=O) groups excluding carboxylic acids is 2. The Bertz CT molecular complexity index is 1430. The summed E-state index contributed by atoms with van der Waals surface area (Å²) in [5.74, 6) is -0.217. The third-order valence-corrected chi connectivity index (χ3v) is 7.24. The molecule has 0 atom stereocenters. The number of fused-ring (bicyclic) bond motifs is 1. The molecule has 0 aliphatic carbocycles. The average molecular weight is 478 g/mol. The fourth-order valence-corrected chi connectivity index (χ4v) is 5.10. The van der Waals surface area contributed by atoms with Crippen LogP contribution in [-0.4, -0.2) is 44.7 Å². The molecule has 3 heterocycles. The lowest BCUT2D eigenvalue weighted by atomic mass is 10.0. The molecular formula is C25H27N5O3S. The summed E-state index contributed by atoms with van der Waals surface area (Å²) in [6, 6.07) is 11.3. The number of pyridine rings is 1. The Kier molecular flexibility index (Phi) is 6.65. The maximum Gasteiger partial charge on any atom is 0.264 e. The van der Waals surface area contributed by atoms with Gasteiger partial charge in [0.1, 0.15) is 0 Å². The van der Waals surface area contributed by atoms with Gasteiger partial charge in [-0.2, -0.15) is 5.10 Å². The van der Waals surface area contributed by atoms with Gasteiger partial charge in [0.05, 0.1) is 17.1 Å². The van der Waals surface area contributed by atoms with Crippen molar-refractivity contribution in [3.05, 3.63) is 75.3 Å². The summed E-state index contributed by atoms with van der Waals surface area (Å²) in [6.45, 7) is 2.63. The highest BCUT2D eigenvalue weighted by Gasteiger charge is 2.23. The van der Waals surface area contributed by atoms with Gasteiger partial charge in [0.2, 0.25) is 11.5 Å². The molecule has 1 N–H and O–H groups in total. The molecule has 8 nitrogen and oxygen atoms in total. The minimum absolute atomic E-state index is 0.0602. The Morgan fingerprint density at radius 1 is 1.12 bits per heavy atom. The summed E-state index contributed by atoms with van der Waals surface area (Å²) in [7, 11) is 5.16. The lowest BCUT2D eigenvalue weighted by Gasteiger charge is -2.22. The molecule has 3 aromatic heterocycles. The quantitative estimate of drug-likeness (QED) is 0.443. The molecule has 0 saturated heterocycles. The Balaban J connectivity index is 1.68. The monoisotopic (exact) mass is 477 g/mol. The van der Waals surface area contributed by atoms with Crippen LogP contribution in [-0.2, 0) is 25.4 Å². The maximum absolute atomic E-state index is 13.6. The van der Waals surface area contributed by atoms with Gasteiger partial charge in [-0.25, -0.2) is 0 Å². The van der Waals surface area contributed by atoms with Crippen molar-refractivity contribution in [3.63, 3.8) is 0 Å². The summed E-state index contributed by atoms with van der Waals surface area (Å²) in [6.07, 6.45) is 3.73. The number of hydrogen-bond donors (Lipinski definition) is 1. The lowest BCUT2D eigenvalue weighted by molar-refractivity contribution is -0.120. The van der Waals surface area contributed by atoms with E-state index in [0.717, 1.165) is 32.5 Å². The van der Waals surface area contributed by atoms with E-state index in [1.54, 1.807) is 40.5 Å². The highest BCUT2D eigenvalue weighted by atomic mass is 32.1. The van der Waals surface area contributed by atoms with Crippen molar-refractivity contribution in [2.45, 2.75) is 19.9 Å². The summed E-state index contributed by atoms with van der Waals surface area (Å²) in [5, 5.41) is 7.84. The number of carbonyl (C=O) groups is 2. The van der Waals surface area contributed by atoms with Gasteiger partial charge in [0.25, 0.3) is 5.91 Å². The molecule has 0 radical (unpaired) electrons. The summed E-state index contributed by atoms with van der Waals surface area (Å²) in [4.78, 5) is 39.6. The zero-order valence-electron chi connectivity index (χ0n) is 19.7. The molecule has 0 aliphatic heterocycles. The molecule has 1 aromatic carbocycles. The van der Waals surface area contributed by atoms with Crippen LogP contribution in [0.15, 0.2) is 53.6 Å². The molecule has 0 bridgehead atoms. The molecule has 4 aromatic rings. The number of thiophene rings is 1. The molecule has 4 rings (SSSR count). The first-order valence-corrected chi connectivity index (χ1v) is 11.8. The third kappa shape index (κ3) is 4.65. The van der Waals surface area contributed by atoms with Crippen LogP contribution < -0.4 is 10.9 Å². The van der Waals surface area contributed by atoms with Crippen LogP contribution in [0.3, 0.4) is 0 Å². The first-order valence-electron chi connectivity index (χ1n) is 11.0. The van der Waals surface area contributed by atoms with E-state index in [2.05, 4.69) is 16.5 Å². The highest BCUT2D eigenvalue weighted by Crippen LogP contribution is 2.35. The first kappa shape index (κ1) is 23.4. The zero-order valence-corrected chi connectivity index (χ0v) is 20.5. The number of benzene rings is 1. The number of aryl methyl sites for hydroxylation is 3. The molecule has 176 valence electrons. The minimum Gasteiger partial charge on any atom is -0.359 e. The fourth-order valence-electron chi connectivity index (χ4n) is 3.88. The molecule has 0 saturated carbocycles. The van der Waals surface area contributed by atoms with Crippen LogP contribution in [0.1, 0.15) is 27.3 Å². The highest BCUT2D eigenvalue weighted by molar-refractivity contribution is 7.21. The molecular weight excluding hydrogens is 450 g/mol. The lowest BCUT2D eigenvalue weighted by Crippen LogP contribution is -2.34. The SMILES string of the molecule is CNC(=O)CCN(Cc1ccnn1C)C(=O)c1sc2cc(-c3ccc(=O)n(C)c3)ccc2c1C. The van der Waals surface area contributed by atoms with Gasteiger partial charge >= 0.3 is 0 Å². The van der Waals surface area contributed by atoms with Crippen LogP contribution >= 0.6 is 11.3 Å². The topological polar surface area (TPSA) is 89.2 Å².